The molecule has 3 aromatic heterocycles. The molecule has 4 rings (SSSR count). The number of benzene rings is 1. The van der Waals surface area contributed by atoms with Crippen molar-refractivity contribution in [2.75, 3.05) is 6.61 Å². The van der Waals surface area contributed by atoms with Crippen molar-refractivity contribution >= 4 is 34.2 Å². The fourth-order valence-corrected chi connectivity index (χ4v) is 3.84. The Balaban J connectivity index is 1.60. The molecule has 0 unspecified atom stereocenters. The monoisotopic (exact) mass is 434 g/mol. The SMILES string of the molecule is CCOC(=O)c1c(COC(=O)c2csc(-c3ncccn3)n2)nc2ccccc2c1C. The molecule has 0 aliphatic rings. The average molecular weight is 434 g/mol. The van der Waals surface area contributed by atoms with E-state index in [1.54, 1.807) is 30.8 Å². The fraction of sp³-hybridized carbons (Fsp3) is 0.182. The van der Waals surface area contributed by atoms with E-state index in [0.29, 0.717) is 27.6 Å². The minimum absolute atomic E-state index is 0.141. The normalized spacial score (nSPS) is 10.8. The van der Waals surface area contributed by atoms with Gasteiger partial charge in [0.05, 0.1) is 23.4 Å². The summed E-state index contributed by atoms with van der Waals surface area (Å²) in [5, 5.41) is 2.94. The molecule has 0 saturated heterocycles. The predicted octanol–water partition coefficient (Wildman–Crippen LogP) is 3.99. The third kappa shape index (κ3) is 4.26. The molecule has 0 fully saturated rings. The standard InChI is InChI=1S/C22H18N4O4S/c1-3-29-22(28)18-13(2)14-7-4-5-8-15(14)25-16(18)11-30-21(27)17-12-31-20(26-17)19-23-9-6-10-24-19/h4-10,12H,3,11H2,1-2H3. The summed E-state index contributed by atoms with van der Waals surface area (Å²) in [6.07, 6.45) is 3.21. The van der Waals surface area contributed by atoms with Crippen LogP contribution in [0.5, 0.6) is 0 Å². The Bertz CT molecular complexity index is 1260. The van der Waals surface area contributed by atoms with Crippen molar-refractivity contribution < 1.29 is 19.1 Å². The first-order chi connectivity index (χ1) is 15.1. The van der Waals surface area contributed by atoms with Crippen LogP contribution in [-0.2, 0) is 16.1 Å². The number of aryl methyl sites for hydroxylation is 1. The zero-order valence-electron chi connectivity index (χ0n) is 16.9. The molecule has 156 valence electrons. The highest BCUT2D eigenvalue weighted by molar-refractivity contribution is 7.13. The summed E-state index contributed by atoms with van der Waals surface area (Å²) in [6.45, 7) is 3.60. The second-order valence-corrected chi connectivity index (χ2v) is 7.34. The van der Waals surface area contributed by atoms with Gasteiger partial charge in [0.25, 0.3) is 0 Å². The lowest BCUT2D eigenvalue weighted by Gasteiger charge is -2.13. The van der Waals surface area contributed by atoms with Crippen LogP contribution in [0.2, 0.25) is 0 Å². The van der Waals surface area contributed by atoms with Crippen LogP contribution in [0.3, 0.4) is 0 Å². The van der Waals surface area contributed by atoms with Crippen molar-refractivity contribution in [2.45, 2.75) is 20.5 Å². The maximum absolute atomic E-state index is 12.6. The van der Waals surface area contributed by atoms with E-state index >= 15 is 0 Å². The van der Waals surface area contributed by atoms with Crippen molar-refractivity contribution in [3.8, 4) is 10.8 Å². The predicted molar refractivity (Wildman–Crippen MR) is 115 cm³/mol. The first-order valence-electron chi connectivity index (χ1n) is 9.54. The Morgan fingerprint density at radius 1 is 1.00 bits per heavy atom. The first kappa shape index (κ1) is 20.5. The summed E-state index contributed by atoms with van der Waals surface area (Å²) in [4.78, 5) is 42.2. The molecule has 1 aromatic carbocycles. The number of carbonyl (C=O) groups excluding carboxylic acids is 2. The van der Waals surface area contributed by atoms with E-state index in [4.69, 9.17) is 9.47 Å². The third-order valence-corrected chi connectivity index (χ3v) is 5.36. The van der Waals surface area contributed by atoms with Crippen LogP contribution >= 0.6 is 11.3 Å². The van der Waals surface area contributed by atoms with Crippen LogP contribution in [-0.4, -0.2) is 38.5 Å². The van der Waals surface area contributed by atoms with Crippen molar-refractivity contribution in [3.63, 3.8) is 0 Å². The Morgan fingerprint density at radius 2 is 1.77 bits per heavy atom. The summed E-state index contributed by atoms with van der Waals surface area (Å²) in [6, 6.07) is 9.17. The molecule has 4 aromatic rings. The van der Waals surface area contributed by atoms with Crippen molar-refractivity contribution in [2.24, 2.45) is 0 Å². The van der Waals surface area contributed by atoms with Crippen molar-refractivity contribution in [1.29, 1.82) is 0 Å². The van der Waals surface area contributed by atoms with E-state index in [1.165, 1.54) is 11.3 Å². The van der Waals surface area contributed by atoms with Crippen molar-refractivity contribution in [3.05, 3.63) is 70.6 Å². The molecule has 0 aliphatic carbocycles. The number of fused-ring (bicyclic) bond motifs is 1. The van der Waals surface area contributed by atoms with Crippen LogP contribution in [0, 0.1) is 6.92 Å². The molecule has 0 N–H and O–H groups in total. The van der Waals surface area contributed by atoms with Gasteiger partial charge in [-0.15, -0.1) is 11.3 Å². The number of esters is 2. The van der Waals surface area contributed by atoms with Gasteiger partial charge in [0.1, 0.15) is 6.61 Å². The topological polar surface area (TPSA) is 104 Å². The van der Waals surface area contributed by atoms with E-state index in [1.807, 2.05) is 31.2 Å². The average Bonchev–Trinajstić information content (AvgIpc) is 3.29. The molecule has 0 bridgehead atoms. The summed E-state index contributed by atoms with van der Waals surface area (Å²) >= 11 is 1.24. The van der Waals surface area contributed by atoms with Crippen molar-refractivity contribution in [1.82, 2.24) is 19.9 Å². The van der Waals surface area contributed by atoms with E-state index in [-0.39, 0.29) is 18.9 Å². The largest absolute Gasteiger partial charge is 0.462 e. The van der Waals surface area contributed by atoms with Gasteiger partial charge in [-0.25, -0.2) is 29.5 Å². The minimum atomic E-state index is -0.624. The molecule has 0 spiro atoms. The van der Waals surface area contributed by atoms with Gasteiger partial charge in [-0.05, 0) is 31.5 Å². The number of carbonyl (C=O) groups is 2. The fourth-order valence-electron chi connectivity index (χ4n) is 3.11. The van der Waals surface area contributed by atoms with Gasteiger partial charge in [0.15, 0.2) is 16.5 Å². The summed E-state index contributed by atoms with van der Waals surface area (Å²) in [7, 11) is 0. The van der Waals surface area contributed by atoms with Gasteiger partial charge in [-0.3, -0.25) is 0 Å². The molecule has 31 heavy (non-hydrogen) atoms. The molecule has 3 heterocycles. The quantitative estimate of drug-likeness (QED) is 0.420. The second-order valence-electron chi connectivity index (χ2n) is 6.48. The smallest absolute Gasteiger partial charge is 0.358 e. The third-order valence-electron chi connectivity index (χ3n) is 4.52. The summed E-state index contributed by atoms with van der Waals surface area (Å²) < 4.78 is 10.6. The molecular weight excluding hydrogens is 416 g/mol. The second kappa shape index (κ2) is 8.97. The highest BCUT2D eigenvalue weighted by Crippen LogP contribution is 2.25. The van der Waals surface area contributed by atoms with Gasteiger partial charge in [0.2, 0.25) is 0 Å². The van der Waals surface area contributed by atoms with Gasteiger partial charge in [-0.2, -0.15) is 0 Å². The van der Waals surface area contributed by atoms with Crippen LogP contribution in [0.4, 0.5) is 0 Å². The minimum Gasteiger partial charge on any atom is -0.462 e. The number of pyridine rings is 1. The highest BCUT2D eigenvalue weighted by atomic mass is 32.1. The van der Waals surface area contributed by atoms with Gasteiger partial charge < -0.3 is 9.47 Å². The van der Waals surface area contributed by atoms with Crippen LogP contribution < -0.4 is 0 Å². The lowest BCUT2D eigenvalue weighted by atomic mass is 10.0. The molecule has 8 nitrogen and oxygen atoms in total. The Hall–Kier alpha value is -3.72. The maximum atomic E-state index is 12.6. The zero-order valence-corrected chi connectivity index (χ0v) is 17.7. The molecular formula is C22H18N4O4S. The number of ether oxygens (including phenoxy) is 2. The number of aromatic nitrogens is 4. The Labute approximate surface area is 181 Å². The first-order valence-corrected chi connectivity index (χ1v) is 10.4. The van der Waals surface area contributed by atoms with Gasteiger partial charge in [0, 0.05) is 23.2 Å². The number of para-hydroxylation sites is 1. The molecule has 0 atom stereocenters. The molecule has 9 heteroatoms. The summed E-state index contributed by atoms with van der Waals surface area (Å²) in [5.74, 6) is -0.690. The Kier molecular flexibility index (Phi) is 5.94. The highest BCUT2D eigenvalue weighted by Gasteiger charge is 2.22. The van der Waals surface area contributed by atoms with Gasteiger partial charge >= 0.3 is 11.9 Å². The number of rotatable bonds is 6. The van der Waals surface area contributed by atoms with E-state index in [0.717, 1.165) is 10.9 Å². The number of nitrogens with zero attached hydrogens (tertiary/aromatic N) is 4. The lowest BCUT2D eigenvalue weighted by molar-refractivity contribution is 0.0440. The molecule has 0 aliphatic heterocycles. The lowest BCUT2D eigenvalue weighted by Crippen LogP contribution is -2.15. The number of hydrogen-bond donors (Lipinski definition) is 0. The number of hydrogen-bond acceptors (Lipinski definition) is 9. The molecule has 0 amide bonds. The Morgan fingerprint density at radius 3 is 2.55 bits per heavy atom. The molecule has 0 saturated carbocycles. The van der Waals surface area contributed by atoms with Crippen LogP contribution in [0.1, 0.15) is 39.0 Å². The number of thiazole rings is 1. The van der Waals surface area contributed by atoms with E-state index in [2.05, 4.69) is 19.9 Å². The summed E-state index contributed by atoms with van der Waals surface area (Å²) in [5.41, 5.74) is 2.22. The van der Waals surface area contributed by atoms with Crippen LogP contribution in [0.15, 0.2) is 48.1 Å². The van der Waals surface area contributed by atoms with Gasteiger partial charge in [-0.1, -0.05) is 18.2 Å². The van der Waals surface area contributed by atoms with E-state index < -0.39 is 11.9 Å². The zero-order chi connectivity index (χ0) is 21.8. The maximum Gasteiger partial charge on any atom is 0.358 e. The molecule has 0 radical (unpaired) electrons. The van der Waals surface area contributed by atoms with Crippen LogP contribution in [0.25, 0.3) is 21.7 Å². The van der Waals surface area contributed by atoms with E-state index in [9.17, 15) is 9.59 Å².